The van der Waals surface area contributed by atoms with Crippen molar-refractivity contribution in [2.75, 3.05) is 7.11 Å². The number of hydrogen-bond donors (Lipinski definition) is 2. The molecule has 0 bridgehead atoms. The SMILES string of the molecule is COC(=O)C(O)c1ccc[nH]1. The van der Waals surface area contributed by atoms with Gasteiger partial charge >= 0.3 is 5.97 Å². The van der Waals surface area contributed by atoms with Crippen molar-refractivity contribution in [1.29, 1.82) is 0 Å². The highest BCUT2D eigenvalue weighted by Gasteiger charge is 2.17. The summed E-state index contributed by atoms with van der Waals surface area (Å²) in [5.41, 5.74) is 0.442. The summed E-state index contributed by atoms with van der Waals surface area (Å²) in [6.45, 7) is 0. The number of carbonyl (C=O) groups excluding carboxylic acids is 1. The molecule has 2 N–H and O–H groups in total. The van der Waals surface area contributed by atoms with Gasteiger partial charge in [-0.05, 0) is 12.1 Å². The molecule has 0 saturated heterocycles. The second-order valence-electron chi connectivity index (χ2n) is 2.05. The highest BCUT2D eigenvalue weighted by atomic mass is 16.5. The summed E-state index contributed by atoms with van der Waals surface area (Å²) in [6.07, 6.45) is 0.427. The van der Waals surface area contributed by atoms with Gasteiger partial charge in [-0.2, -0.15) is 0 Å². The van der Waals surface area contributed by atoms with Crippen LogP contribution >= 0.6 is 0 Å². The zero-order valence-electron chi connectivity index (χ0n) is 6.07. The summed E-state index contributed by atoms with van der Waals surface area (Å²) in [6, 6.07) is 3.31. The van der Waals surface area contributed by atoms with Crippen LogP contribution in [0.25, 0.3) is 0 Å². The van der Waals surface area contributed by atoms with Gasteiger partial charge < -0.3 is 14.8 Å². The smallest absolute Gasteiger partial charge is 0.340 e. The Morgan fingerprint density at radius 1 is 1.82 bits per heavy atom. The zero-order valence-corrected chi connectivity index (χ0v) is 6.07. The van der Waals surface area contributed by atoms with E-state index in [9.17, 15) is 9.90 Å². The van der Waals surface area contributed by atoms with Crippen molar-refractivity contribution in [2.45, 2.75) is 6.10 Å². The minimum atomic E-state index is -1.20. The number of aliphatic hydroxyl groups is 1. The van der Waals surface area contributed by atoms with Gasteiger partial charge in [0.2, 0.25) is 0 Å². The van der Waals surface area contributed by atoms with E-state index in [0.29, 0.717) is 5.69 Å². The molecule has 0 radical (unpaired) electrons. The fourth-order valence-electron chi connectivity index (χ4n) is 0.753. The van der Waals surface area contributed by atoms with Crippen LogP contribution in [0.2, 0.25) is 0 Å². The lowest BCUT2D eigenvalue weighted by molar-refractivity contribution is -0.150. The predicted octanol–water partition coefficient (Wildman–Crippen LogP) is 0.221. The van der Waals surface area contributed by atoms with Crippen molar-refractivity contribution < 1.29 is 14.6 Å². The molecule has 0 aliphatic carbocycles. The largest absolute Gasteiger partial charge is 0.467 e. The van der Waals surface area contributed by atoms with E-state index in [4.69, 9.17) is 0 Å². The quantitative estimate of drug-likeness (QED) is 0.600. The minimum absolute atomic E-state index is 0.442. The van der Waals surface area contributed by atoms with Crippen molar-refractivity contribution in [2.24, 2.45) is 0 Å². The molecule has 1 rings (SSSR count). The average Bonchev–Trinajstić information content (AvgIpc) is 2.53. The van der Waals surface area contributed by atoms with Crippen molar-refractivity contribution in [3.8, 4) is 0 Å². The van der Waals surface area contributed by atoms with E-state index < -0.39 is 12.1 Å². The fourth-order valence-corrected chi connectivity index (χ4v) is 0.753. The minimum Gasteiger partial charge on any atom is -0.467 e. The Morgan fingerprint density at radius 3 is 3.00 bits per heavy atom. The molecule has 60 valence electrons. The Morgan fingerprint density at radius 2 is 2.55 bits per heavy atom. The zero-order chi connectivity index (χ0) is 8.27. The van der Waals surface area contributed by atoms with Gasteiger partial charge in [-0.25, -0.2) is 4.79 Å². The van der Waals surface area contributed by atoms with E-state index in [1.807, 2.05) is 0 Å². The number of hydrogen-bond acceptors (Lipinski definition) is 3. The van der Waals surface area contributed by atoms with Gasteiger partial charge in [-0.15, -0.1) is 0 Å². The summed E-state index contributed by atoms with van der Waals surface area (Å²) < 4.78 is 4.33. The Bertz CT molecular complexity index is 230. The first-order chi connectivity index (χ1) is 5.25. The van der Waals surface area contributed by atoms with Crippen molar-refractivity contribution in [1.82, 2.24) is 4.98 Å². The summed E-state index contributed by atoms with van der Waals surface area (Å²) in [7, 11) is 1.23. The van der Waals surface area contributed by atoms with Gasteiger partial charge in [0, 0.05) is 6.20 Å². The molecule has 0 amide bonds. The maximum absolute atomic E-state index is 10.7. The molecule has 4 nitrogen and oxygen atoms in total. The van der Waals surface area contributed by atoms with Crippen LogP contribution in [0.1, 0.15) is 11.8 Å². The Labute approximate surface area is 63.8 Å². The highest BCUT2D eigenvalue weighted by Crippen LogP contribution is 2.10. The van der Waals surface area contributed by atoms with Crippen LogP contribution in [0.3, 0.4) is 0 Å². The molecule has 1 aromatic rings. The van der Waals surface area contributed by atoms with Gasteiger partial charge in [-0.3, -0.25) is 0 Å². The molecule has 1 atom stereocenters. The average molecular weight is 155 g/mol. The Balaban J connectivity index is 2.70. The van der Waals surface area contributed by atoms with Gasteiger partial charge in [0.05, 0.1) is 12.8 Å². The van der Waals surface area contributed by atoms with Crippen LogP contribution in [0.4, 0.5) is 0 Å². The second-order valence-corrected chi connectivity index (χ2v) is 2.05. The maximum Gasteiger partial charge on any atom is 0.340 e. The molecule has 0 fully saturated rings. The maximum atomic E-state index is 10.7. The van der Waals surface area contributed by atoms with E-state index in [0.717, 1.165) is 0 Å². The third-order valence-electron chi connectivity index (χ3n) is 1.34. The molecule has 0 aliphatic heterocycles. The molecule has 0 spiro atoms. The van der Waals surface area contributed by atoms with E-state index >= 15 is 0 Å². The second kappa shape index (κ2) is 3.21. The fraction of sp³-hybridized carbons (Fsp3) is 0.286. The van der Waals surface area contributed by atoms with E-state index in [-0.39, 0.29) is 0 Å². The molecule has 11 heavy (non-hydrogen) atoms. The number of H-pyrrole nitrogens is 1. The number of carbonyl (C=O) groups is 1. The van der Waals surface area contributed by atoms with E-state index in [2.05, 4.69) is 9.72 Å². The van der Waals surface area contributed by atoms with Crippen LogP contribution in [0.15, 0.2) is 18.3 Å². The van der Waals surface area contributed by atoms with Crippen LogP contribution in [-0.4, -0.2) is 23.2 Å². The molecule has 0 aliphatic rings. The lowest BCUT2D eigenvalue weighted by atomic mass is 10.3. The van der Waals surface area contributed by atoms with Crippen LogP contribution in [-0.2, 0) is 9.53 Å². The topological polar surface area (TPSA) is 62.3 Å². The Kier molecular flexibility index (Phi) is 2.28. The third-order valence-corrected chi connectivity index (χ3v) is 1.34. The molecular formula is C7H9NO3. The molecule has 1 heterocycles. The van der Waals surface area contributed by atoms with Crippen LogP contribution in [0, 0.1) is 0 Å². The number of aromatic amines is 1. The standard InChI is InChI=1S/C7H9NO3/c1-11-7(10)6(9)5-3-2-4-8-5/h2-4,6,8-9H,1H3. The third kappa shape index (κ3) is 1.59. The van der Waals surface area contributed by atoms with Crippen molar-refractivity contribution in [3.05, 3.63) is 24.0 Å². The number of rotatable bonds is 2. The van der Waals surface area contributed by atoms with E-state index in [1.165, 1.54) is 7.11 Å². The summed E-state index contributed by atoms with van der Waals surface area (Å²) >= 11 is 0. The molecule has 0 saturated carbocycles. The van der Waals surface area contributed by atoms with Crippen molar-refractivity contribution >= 4 is 5.97 Å². The molecule has 1 unspecified atom stereocenters. The van der Waals surface area contributed by atoms with E-state index in [1.54, 1.807) is 18.3 Å². The predicted molar refractivity (Wildman–Crippen MR) is 37.8 cm³/mol. The molecule has 0 aromatic carbocycles. The lowest BCUT2D eigenvalue weighted by Gasteiger charge is -2.04. The van der Waals surface area contributed by atoms with Gasteiger partial charge in [0.15, 0.2) is 6.10 Å². The number of esters is 1. The number of methoxy groups -OCH3 is 1. The lowest BCUT2D eigenvalue weighted by Crippen LogP contribution is -2.13. The normalized spacial score (nSPS) is 12.5. The number of aliphatic hydroxyl groups excluding tert-OH is 1. The highest BCUT2D eigenvalue weighted by molar-refractivity contribution is 5.75. The van der Waals surface area contributed by atoms with Gasteiger partial charge in [0.1, 0.15) is 0 Å². The number of ether oxygens (including phenoxy) is 1. The number of nitrogens with one attached hydrogen (secondary N) is 1. The first-order valence-electron chi connectivity index (χ1n) is 3.15. The Hall–Kier alpha value is -1.29. The van der Waals surface area contributed by atoms with Gasteiger partial charge in [0.25, 0.3) is 0 Å². The molecule has 1 aromatic heterocycles. The number of aromatic nitrogens is 1. The first-order valence-corrected chi connectivity index (χ1v) is 3.15. The van der Waals surface area contributed by atoms with Gasteiger partial charge in [-0.1, -0.05) is 0 Å². The summed E-state index contributed by atoms with van der Waals surface area (Å²) in [5, 5.41) is 9.17. The first kappa shape index (κ1) is 7.81. The molecule has 4 heteroatoms. The van der Waals surface area contributed by atoms with Crippen molar-refractivity contribution in [3.63, 3.8) is 0 Å². The van der Waals surface area contributed by atoms with Crippen LogP contribution in [0.5, 0.6) is 0 Å². The monoisotopic (exact) mass is 155 g/mol. The summed E-state index contributed by atoms with van der Waals surface area (Å²) in [5.74, 6) is -0.660. The van der Waals surface area contributed by atoms with Crippen LogP contribution < -0.4 is 0 Å². The summed E-state index contributed by atoms with van der Waals surface area (Å²) in [4.78, 5) is 13.4. The molecular weight excluding hydrogens is 146 g/mol.